The number of nitrogens with one attached hydrogen (secondary N) is 2. The quantitative estimate of drug-likeness (QED) is 0.332. The van der Waals surface area contributed by atoms with E-state index in [4.69, 9.17) is 11.6 Å². The monoisotopic (exact) mass is 536 g/mol. The Labute approximate surface area is 220 Å². The molecule has 1 amide bonds. The first-order chi connectivity index (χ1) is 17.7. The topological polar surface area (TPSA) is 112 Å². The number of carbonyl (C=O) groups is 1. The third kappa shape index (κ3) is 6.91. The Morgan fingerprint density at radius 3 is 2.43 bits per heavy atom. The van der Waals surface area contributed by atoms with Crippen LogP contribution in [-0.4, -0.2) is 41.7 Å². The van der Waals surface area contributed by atoms with Crippen molar-refractivity contribution in [2.75, 3.05) is 18.4 Å². The predicted octanol–water partition coefficient (Wildman–Crippen LogP) is 4.27. The van der Waals surface area contributed by atoms with Crippen molar-refractivity contribution < 1.29 is 13.2 Å². The lowest BCUT2D eigenvalue weighted by molar-refractivity contribution is -0.116. The van der Waals surface area contributed by atoms with Crippen LogP contribution in [0.15, 0.2) is 94.6 Å². The van der Waals surface area contributed by atoms with Crippen molar-refractivity contribution in [2.45, 2.75) is 18.2 Å². The molecule has 0 aliphatic heterocycles. The summed E-state index contributed by atoms with van der Waals surface area (Å²) in [5.74, 6) is -0.135. The second kappa shape index (κ2) is 11.5. The van der Waals surface area contributed by atoms with E-state index in [1.54, 1.807) is 31.2 Å². The number of carbonyl (C=O) groups excluding carboxylic acids is 1. The number of aryl methyl sites for hydroxylation is 1. The van der Waals surface area contributed by atoms with E-state index in [1.165, 1.54) is 30.3 Å². The SMILES string of the molecule is Cc1cc(=O)[nH]c(-c2cccc(NC(=O)CN(CCc3ccccc3)S(=O)(=O)c3ccc(Cl)cc3)c2)n1. The van der Waals surface area contributed by atoms with Gasteiger partial charge in [0, 0.05) is 34.6 Å². The molecule has 0 aliphatic carbocycles. The van der Waals surface area contributed by atoms with Crippen LogP contribution >= 0.6 is 11.6 Å². The summed E-state index contributed by atoms with van der Waals surface area (Å²) in [4.78, 5) is 31.9. The van der Waals surface area contributed by atoms with Gasteiger partial charge in [-0.25, -0.2) is 13.4 Å². The number of hydrogen-bond donors (Lipinski definition) is 2. The molecular formula is C27H25ClN4O4S. The van der Waals surface area contributed by atoms with Gasteiger partial charge in [0.25, 0.3) is 5.56 Å². The third-order valence-corrected chi connectivity index (χ3v) is 7.66. The summed E-state index contributed by atoms with van der Waals surface area (Å²) in [6.07, 6.45) is 0.433. The number of anilines is 1. The van der Waals surface area contributed by atoms with Gasteiger partial charge in [-0.2, -0.15) is 4.31 Å². The molecule has 1 heterocycles. The highest BCUT2D eigenvalue weighted by Gasteiger charge is 2.26. The third-order valence-electron chi connectivity index (χ3n) is 5.55. The van der Waals surface area contributed by atoms with Crippen molar-refractivity contribution in [1.29, 1.82) is 0 Å². The second-order valence-corrected chi connectivity index (χ2v) is 10.8. The Kier molecular flexibility index (Phi) is 8.17. The molecule has 0 bridgehead atoms. The molecule has 4 aromatic rings. The van der Waals surface area contributed by atoms with Crippen LogP contribution in [0, 0.1) is 6.92 Å². The average molecular weight is 537 g/mol. The molecule has 0 unspecified atom stereocenters. The Morgan fingerprint density at radius 2 is 1.73 bits per heavy atom. The number of amides is 1. The molecule has 2 N–H and O–H groups in total. The van der Waals surface area contributed by atoms with Crippen LogP contribution in [0.2, 0.25) is 5.02 Å². The standard InChI is InChI=1S/C27H25ClN4O4S/c1-19-16-25(33)31-27(29-19)21-8-5-9-23(17-21)30-26(34)18-32(15-14-20-6-3-2-4-7-20)37(35,36)24-12-10-22(28)11-13-24/h2-13,16-17H,14-15,18H2,1H3,(H,30,34)(H,29,31,33). The largest absolute Gasteiger partial charge is 0.325 e. The van der Waals surface area contributed by atoms with E-state index < -0.39 is 15.9 Å². The zero-order valence-electron chi connectivity index (χ0n) is 20.0. The summed E-state index contributed by atoms with van der Waals surface area (Å²) in [6.45, 7) is 1.44. The van der Waals surface area contributed by atoms with Crippen LogP contribution in [0.1, 0.15) is 11.3 Å². The number of nitrogens with zero attached hydrogens (tertiary/aromatic N) is 2. The summed E-state index contributed by atoms with van der Waals surface area (Å²) < 4.78 is 28.0. The molecule has 0 fully saturated rings. The van der Waals surface area contributed by atoms with E-state index in [9.17, 15) is 18.0 Å². The zero-order valence-corrected chi connectivity index (χ0v) is 21.6. The van der Waals surface area contributed by atoms with E-state index in [0.29, 0.717) is 34.2 Å². The van der Waals surface area contributed by atoms with Gasteiger partial charge in [-0.15, -0.1) is 0 Å². The van der Waals surface area contributed by atoms with E-state index >= 15 is 0 Å². The summed E-state index contributed by atoms with van der Waals surface area (Å²) in [5.41, 5.74) is 2.28. The van der Waals surface area contributed by atoms with E-state index in [0.717, 1.165) is 9.87 Å². The first-order valence-corrected chi connectivity index (χ1v) is 13.3. The highest BCUT2D eigenvalue weighted by atomic mass is 35.5. The van der Waals surface area contributed by atoms with Crippen molar-refractivity contribution >= 4 is 33.2 Å². The Balaban J connectivity index is 1.55. The number of aromatic nitrogens is 2. The highest BCUT2D eigenvalue weighted by Crippen LogP contribution is 2.21. The fourth-order valence-electron chi connectivity index (χ4n) is 3.76. The van der Waals surface area contributed by atoms with Crippen LogP contribution < -0.4 is 10.9 Å². The van der Waals surface area contributed by atoms with Gasteiger partial charge in [-0.1, -0.05) is 54.1 Å². The average Bonchev–Trinajstić information content (AvgIpc) is 2.87. The first-order valence-electron chi connectivity index (χ1n) is 11.5. The first kappa shape index (κ1) is 26.3. The fourth-order valence-corrected chi connectivity index (χ4v) is 5.28. The van der Waals surface area contributed by atoms with Crippen LogP contribution in [0.25, 0.3) is 11.4 Å². The second-order valence-electron chi connectivity index (χ2n) is 8.39. The van der Waals surface area contributed by atoms with Crippen LogP contribution in [-0.2, 0) is 21.2 Å². The molecule has 1 aromatic heterocycles. The summed E-state index contributed by atoms with van der Waals surface area (Å²) in [5, 5.41) is 3.17. The van der Waals surface area contributed by atoms with Crippen molar-refractivity contribution in [1.82, 2.24) is 14.3 Å². The maximum atomic E-state index is 13.4. The Morgan fingerprint density at radius 1 is 1.00 bits per heavy atom. The number of sulfonamides is 1. The van der Waals surface area contributed by atoms with Crippen molar-refractivity contribution in [2.24, 2.45) is 0 Å². The van der Waals surface area contributed by atoms with Crippen molar-refractivity contribution in [3.8, 4) is 11.4 Å². The molecule has 10 heteroatoms. The number of aromatic amines is 1. The van der Waals surface area contributed by atoms with Gasteiger partial charge in [0.05, 0.1) is 11.4 Å². The van der Waals surface area contributed by atoms with Crippen molar-refractivity contribution in [3.05, 3.63) is 112 Å². The van der Waals surface area contributed by atoms with Gasteiger partial charge in [0.1, 0.15) is 5.82 Å². The Hall–Kier alpha value is -3.79. The van der Waals surface area contributed by atoms with Crippen LogP contribution in [0.3, 0.4) is 0 Å². The number of halogens is 1. The molecule has 0 spiro atoms. The Bertz CT molecular complexity index is 1560. The van der Waals surface area contributed by atoms with E-state index in [-0.39, 0.29) is 23.5 Å². The van der Waals surface area contributed by atoms with Gasteiger partial charge in [0.15, 0.2) is 0 Å². The number of rotatable bonds is 9. The van der Waals surface area contributed by atoms with Gasteiger partial charge in [-0.3, -0.25) is 9.59 Å². The summed E-state index contributed by atoms with van der Waals surface area (Å²) in [6, 6.07) is 23.5. The molecule has 0 saturated heterocycles. The molecular weight excluding hydrogens is 512 g/mol. The van der Waals surface area contributed by atoms with E-state index in [1.807, 2.05) is 30.3 Å². The maximum Gasteiger partial charge on any atom is 0.251 e. The molecule has 0 saturated carbocycles. The lowest BCUT2D eigenvalue weighted by Crippen LogP contribution is -2.39. The highest BCUT2D eigenvalue weighted by molar-refractivity contribution is 7.89. The smallest absolute Gasteiger partial charge is 0.251 e. The minimum Gasteiger partial charge on any atom is -0.325 e. The fraction of sp³-hybridized carbons (Fsp3) is 0.148. The number of hydrogen-bond acceptors (Lipinski definition) is 5. The predicted molar refractivity (Wildman–Crippen MR) is 144 cm³/mol. The minimum atomic E-state index is -3.97. The zero-order chi connectivity index (χ0) is 26.4. The lowest BCUT2D eigenvalue weighted by Gasteiger charge is -2.22. The normalized spacial score (nSPS) is 11.4. The molecule has 0 aliphatic rings. The molecule has 3 aromatic carbocycles. The number of benzene rings is 3. The molecule has 190 valence electrons. The summed E-state index contributed by atoms with van der Waals surface area (Å²) >= 11 is 5.93. The van der Waals surface area contributed by atoms with Crippen LogP contribution in [0.4, 0.5) is 5.69 Å². The molecule has 37 heavy (non-hydrogen) atoms. The summed E-state index contributed by atoms with van der Waals surface area (Å²) in [7, 11) is -3.97. The minimum absolute atomic E-state index is 0.0502. The molecule has 4 rings (SSSR count). The van der Waals surface area contributed by atoms with Gasteiger partial charge in [0.2, 0.25) is 15.9 Å². The lowest BCUT2D eigenvalue weighted by atomic mass is 10.1. The van der Waals surface area contributed by atoms with E-state index in [2.05, 4.69) is 15.3 Å². The van der Waals surface area contributed by atoms with Gasteiger partial charge >= 0.3 is 0 Å². The van der Waals surface area contributed by atoms with Crippen molar-refractivity contribution in [3.63, 3.8) is 0 Å². The molecule has 8 nitrogen and oxygen atoms in total. The van der Waals surface area contributed by atoms with Gasteiger partial charge in [-0.05, 0) is 55.3 Å². The maximum absolute atomic E-state index is 13.4. The number of H-pyrrole nitrogens is 1. The molecule has 0 atom stereocenters. The van der Waals surface area contributed by atoms with Gasteiger partial charge < -0.3 is 10.3 Å². The van der Waals surface area contributed by atoms with Crippen LogP contribution in [0.5, 0.6) is 0 Å². The molecule has 0 radical (unpaired) electrons.